The van der Waals surface area contributed by atoms with Crippen molar-refractivity contribution in [1.82, 2.24) is 9.38 Å². The van der Waals surface area contributed by atoms with Gasteiger partial charge in [-0.25, -0.2) is 4.98 Å². The summed E-state index contributed by atoms with van der Waals surface area (Å²) in [5, 5.41) is 0.670. The molecule has 14 heavy (non-hydrogen) atoms. The van der Waals surface area contributed by atoms with Gasteiger partial charge in [0.05, 0.1) is 5.02 Å². The number of nitrogens with zero attached hydrogens (tertiary/aromatic N) is 2. The van der Waals surface area contributed by atoms with Crippen LogP contribution >= 0.6 is 11.6 Å². The lowest BCUT2D eigenvalue weighted by Gasteiger charge is -2.04. The molecule has 0 spiro atoms. The van der Waals surface area contributed by atoms with E-state index < -0.39 is 0 Å². The lowest BCUT2D eigenvalue weighted by atomic mass is 10.2. The number of hydrogen-bond acceptors (Lipinski definition) is 2. The van der Waals surface area contributed by atoms with E-state index in [-0.39, 0.29) is 6.04 Å². The fourth-order valence-corrected chi connectivity index (χ4v) is 1.72. The molecule has 2 heterocycles. The summed E-state index contributed by atoms with van der Waals surface area (Å²) in [5.41, 5.74) is 7.63. The molecule has 74 valence electrons. The predicted molar refractivity (Wildman–Crippen MR) is 57.6 cm³/mol. The van der Waals surface area contributed by atoms with E-state index in [1.165, 1.54) is 0 Å². The number of aromatic nitrogens is 2. The molecule has 0 aromatic carbocycles. The molecule has 1 unspecified atom stereocenters. The maximum atomic E-state index is 5.99. The van der Waals surface area contributed by atoms with Crippen molar-refractivity contribution in [1.29, 1.82) is 0 Å². The second-order valence-electron chi connectivity index (χ2n) is 3.48. The maximum Gasteiger partial charge on any atom is 0.155 e. The van der Waals surface area contributed by atoms with Crippen molar-refractivity contribution < 1.29 is 0 Å². The molecule has 0 aliphatic rings. The number of fused-ring (bicyclic) bond motifs is 1. The molecule has 2 N–H and O–H groups in total. The molecule has 0 aliphatic carbocycles. The Labute approximate surface area is 87.5 Å². The maximum absolute atomic E-state index is 5.99. The Morgan fingerprint density at radius 2 is 2.43 bits per heavy atom. The summed E-state index contributed by atoms with van der Waals surface area (Å²) in [6.07, 6.45) is 4.58. The number of halogens is 1. The van der Waals surface area contributed by atoms with Crippen LogP contribution in [0.5, 0.6) is 0 Å². The van der Waals surface area contributed by atoms with Crippen molar-refractivity contribution in [2.24, 2.45) is 5.73 Å². The Morgan fingerprint density at radius 3 is 3.14 bits per heavy atom. The van der Waals surface area contributed by atoms with Crippen molar-refractivity contribution >= 4 is 17.2 Å². The molecule has 2 aromatic heterocycles. The Morgan fingerprint density at radius 1 is 1.64 bits per heavy atom. The van der Waals surface area contributed by atoms with E-state index in [1.807, 2.05) is 35.9 Å². The molecule has 1 atom stereocenters. The summed E-state index contributed by atoms with van der Waals surface area (Å²) in [4.78, 5) is 4.25. The molecular formula is C10H12ClN3. The summed E-state index contributed by atoms with van der Waals surface area (Å²) in [7, 11) is 0. The third-order valence-electron chi connectivity index (χ3n) is 2.10. The molecule has 2 aromatic rings. The number of pyridine rings is 1. The van der Waals surface area contributed by atoms with E-state index >= 15 is 0 Å². The van der Waals surface area contributed by atoms with Crippen LogP contribution in [-0.4, -0.2) is 15.4 Å². The van der Waals surface area contributed by atoms with Gasteiger partial charge in [0.1, 0.15) is 0 Å². The first-order valence-corrected chi connectivity index (χ1v) is 4.92. The Bertz CT molecular complexity index is 448. The van der Waals surface area contributed by atoms with Gasteiger partial charge in [0.2, 0.25) is 0 Å². The number of hydrogen-bond donors (Lipinski definition) is 1. The zero-order valence-corrected chi connectivity index (χ0v) is 8.70. The zero-order valence-electron chi connectivity index (χ0n) is 7.94. The minimum absolute atomic E-state index is 0.133. The molecule has 3 nitrogen and oxygen atoms in total. The number of nitrogens with two attached hydrogens (primary N) is 1. The minimum atomic E-state index is 0.133. The third-order valence-corrected chi connectivity index (χ3v) is 2.39. The largest absolute Gasteiger partial charge is 0.328 e. The van der Waals surface area contributed by atoms with Crippen molar-refractivity contribution in [3.8, 4) is 0 Å². The van der Waals surface area contributed by atoms with Crippen LogP contribution in [0.4, 0.5) is 0 Å². The van der Waals surface area contributed by atoms with Gasteiger partial charge in [0.15, 0.2) is 5.65 Å². The van der Waals surface area contributed by atoms with Gasteiger partial charge in [0, 0.05) is 30.6 Å². The smallest absolute Gasteiger partial charge is 0.155 e. The third kappa shape index (κ3) is 1.61. The van der Waals surface area contributed by atoms with Crippen LogP contribution in [0.2, 0.25) is 5.02 Å². The van der Waals surface area contributed by atoms with Crippen LogP contribution in [0, 0.1) is 0 Å². The van der Waals surface area contributed by atoms with Crippen LogP contribution in [0.25, 0.3) is 5.65 Å². The van der Waals surface area contributed by atoms with Gasteiger partial charge in [-0.15, -0.1) is 0 Å². The molecule has 0 saturated heterocycles. The van der Waals surface area contributed by atoms with Crippen LogP contribution in [0.15, 0.2) is 24.5 Å². The normalized spacial score (nSPS) is 13.4. The van der Waals surface area contributed by atoms with Crippen molar-refractivity contribution in [3.05, 3.63) is 35.2 Å². The minimum Gasteiger partial charge on any atom is -0.328 e. The lowest BCUT2D eigenvalue weighted by Crippen LogP contribution is -2.18. The average molecular weight is 210 g/mol. The highest BCUT2D eigenvalue weighted by molar-refractivity contribution is 6.33. The molecule has 0 bridgehead atoms. The Balaban J connectivity index is 2.52. The molecule has 0 amide bonds. The molecule has 0 fully saturated rings. The Kier molecular flexibility index (Phi) is 2.44. The fraction of sp³-hybridized carbons (Fsp3) is 0.300. The highest BCUT2D eigenvalue weighted by atomic mass is 35.5. The van der Waals surface area contributed by atoms with Gasteiger partial charge in [-0.3, -0.25) is 0 Å². The molecule has 2 rings (SSSR count). The summed E-state index contributed by atoms with van der Waals surface area (Å²) < 4.78 is 1.98. The predicted octanol–water partition coefficient (Wildman–Crippen LogP) is 1.88. The SMILES string of the molecule is CC(N)Cc1cnc2c(Cl)cccn12. The van der Waals surface area contributed by atoms with E-state index in [1.54, 1.807) is 0 Å². The van der Waals surface area contributed by atoms with E-state index in [0.717, 1.165) is 17.8 Å². The van der Waals surface area contributed by atoms with Crippen LogP contribution in [0.1, 0.15) is 12.6 Å². The topological polar surface area (TPSA) is 43.3 Å². The lowest BCUT2D eigenvalue weighted by molar-refractivity contribution is 0.717. The first-order valence-electron chi connectivity index (χ1n) is 4.54. The number of rotatable bonds is 2. The van der Waals surface area contributed by atoms with E-state index in [2.05, 4.69) is 4.98 Å². The summed E-state index contributed by atoms with van der Waals surface area (Å²) >= 11 is 5.99. The Hall–Kier alpha value is -1.06. The van der Waals surface area contributed by atoms with E-state index in [9.17, 15) is 0 Å². The van der Waals surface area contributed by atoms with Crippen LogP contribution in [0.3, 0.4) is 0 Å². The molecule has 4 heteroatoms. The van der Waals surface area contributed by atoms with Crippen molar-refractivity contribution in [2.45, 2.75) is 19.4 Å². The summed E-state index contributed by atoms with van der Waals surface area (Å²) in [6, 6.07) is 3.87. The standard InChI is InChI=1S/C10H12ClN3/c1-7(12)5-8-6-13-10-9(11)3-2-4-14(8)10/h2-4,6-7H,5,12H2,1H3. The van der Waals surface area contributed by atoms with E-state index in [0.29, 0.717) is 5.02 Å². The molecule has 0 radical (unpaired) electrons. The quantitative estimate of drug-likeness (QED) is 0.821. The van der Waals surface area contributed by atoms with Gasteiger partial charge in [0.25, 0.3) is 0 Å². The van der Waals surface area contributed by atoms with Crippen LogP contribution < -0.4 is 5.73 Å². The monoisotopic (exact) mass is 209 g/mol. The second kappa shape index (κ2) is 3.59. The van der Waals surface area contributed by atoms with Gasteiger partial charge >= 0.3 is 0 Å². The fourth-order valence-electron chi connectivity index (χ4n) is 1.51. The second-order valence-corrected chi connectivity index (χ2v) is 3.89. The van der Waals surface area contributed by atoms with Gasteiger partial charge in [-0.2, -0.15) is 0 Å². The highest BCUT2D eigenvalue weighted by Gasteiger charge is 2.06. The summed E-state index contributed by atoms with van der Waals surface area (Å²) in [5.74, 6) is 0. The highest BCUT2D eigenvalue weighted by Crippen LogP contribution is 2.17. The van der Waals surface area contributed by atoms with Gasteiger partial charge < -0.3 is 10.1 Å². The molecule has 0 aliphatic heterocycles. The molecular weight excluding hydrogens is 198 g/mol. The first-order chi connectivity index (χ1) is 6.68. The first kappa shape index (κ1) is 9.49. The van der Waals surface area contributed by atoms with E-state index in [4.69, 9.17) is 17.3 Å². The zero-order chi connectivity index (χ0) is 10.1. The van der Waals surface area contributed by atoms with Crippen molar-refractivity contribution in [3.63, 3.8) is 0 Å². The average Bonchev–Trinajstić information content (AvgIpc) is 2.49. The number of imidazole rings is 1. The summed E-state index contributed by atoms with van der Waals surface area (Å²) in [6.45, 7) is 1.98. The van der Waals surface area contributed by atoms with Gasteiger partial charge in [-0.1, -0.05) is 11.6 Å². The van der Waals surface area contributed by atoms with Gasteiger partial charge in [-0.05, 0) is 19.1 Å². The van der Waals surface area contributed by atoms with Crippen molar-refractivity contribution in [2.75, 3.05) is 0 Å². The van der Waals surface area contributed by atoms with Crippen LogP contribution in [-0.2, 0) is 6.42 Å². The molecule has 0 saturated carbocycles.